The number of nitrogens with one attached hydrogen (secondary N) is 4. The first-order chi connectivity index (χ1) is 15.5. The molecule has 0 aromatic rings. The van der Waals surface area contributed by atoms with Crippen molar-refractivity contribution in [1.29, 1.82) is 0 Å². The molecule has 3 unspecified atom stereocenters. The molecule has 3 amide bonds. The van der Waals surface area contributed by atoms with Crippen molar-refractivity contribution in [1.82, 2.24) is 16.0 Å². The smallest absolute Gasteiger partial charge is 0.338 e. The van der Waals surface area contributed by atoms with E-state index in [0.717, 1.165) is 0 Å². The van der Waals surface area contributed by atoms with Crippen molar-refractivity contribution in [2.75, 3.05) is 6.54 Å². The lowest BCUT2D eigenvalue weighted by atomic mass is 10.0. The van der Waals surface area contributed by atoms with Gasteiger partial charge in [-0.25, -0.2) is 0 Å². The van der Waals surface area contributed by atoms with Gasteiger partial charge in [0.1, 0.15) is 12.3 Å². The van der Waals surface area contributed by atoms with Gasteiger partial charge in [-0.05, 0) is 31.6 Å². The Morgan fingerprint density at radius 3 is 2.09 bits per heavy atom. The molecule has 0 radical (unpaired) electrons. The van der Waals surface area contributed by atoms with E-state index < -0.39 is 41.8 Å². The van der Waals surface area contributed by atoms with E-state index in [1.165, 1.54) is 0 Å². The van der Waals surface area contributed by atoms with E-state index in [9.17, 15) is 24.0 Å². The fourth-order valence-electron chi connectivity index (χ4n) is 3.02. The number of nitrogens with two attached hydrogens (primary N) is 2. The molecule has 0 aliphatic heterocycles. The van der Waals surface area contributed by atoms with Crippen molar-refractivity contribution in [3.63, 3.8) is 0 Å². The minimum absolute atomic E-state index is 0. The van der Waals surface area contributed by atoms with E-state index >= 15 is 0 Å². The van der Waals surface area contributed by atoms with Crippen LogP contribution in [0.15, 0.2) is 0 Å². The van der Waals surface area contributed by atoms with Crippen LogP contribution in [-0.2, 0) is 24.0 Å². The van der Waals surface area contributed by atoms with E-state index in [4.69, 9.17) is 16.6 Å². The number of aliphatic carboxylic acids is 1. The highest BCUT2D eigenvalue weighted by atomic mass is 35.5. The van der Waals surface area contributed by atoms with Crippen LogP contribution in [0.3, 0.4) is 0 Å². The van der Waals surface area contributed by atoms with Crippen molar-refractivity contribution in [3.05, 3.63) is 0 Å². The van der Waals surface area contributed by atoms with Gasteiger partial charge in [0.25, 0.3) is 0 Å². The Bertz CT molecular complexity index is 699. The van der Waals surface area contributed by atoms with Gasteiger partial charge in [0.2, 0.25) is 17.7 Å². The number of amides is 3. The van der Waals surface area contributed by atoms with Crippen molar-refractivity contribution < 1.29 is 46.5 Å². The summed E-state index contributed by atoms with van der Waals surface area (Å²) in [6.07, 6.45) is 1.86. The van der Waals surface area contributed by atoms with Gasteiger partial charge in [0.15, 0.2) is 0 Å². The fourth-order valence-corrected chi connectivity index (χ4v) is 3.02. The molecule has 0 heterocycles. The molecule has 0 aliphatic carbocycles. The molecule has 9 N–H and O–H groups in total. The Morgan fingerprint density at radius 1 is 1.03 bits per heavy atom. The second kappa shape index (κ2) is 18.5. The highest BCUT2D eigenvalue weighted by molar-refractivity contribution is 5.90. The summed E-state index contributed by atoms with van der Waals surface area (Å²) < 4.78 is 0. The number of carboxylic acid groups (broad SMARTS) is 1. The number of aldehydes is 1. The van der Waals surface area contributed by atoms with Crippen LogP contribution >= 0.6 is 0 Å². The minimum atomic E-state index is -1.02. The number of carbonyl (C=O) groups excluding carboxylic acids is 4. The van der Waals surface area contributed by atoms with Crippen LogP contribution in [0.5, 0.6) is 0 Å². The van der Waals surface area contributed by atoms with Crippen LogP contribution in [0, 0.1) is 5.92 Å². The zero-order valence-corrected chi connectivity index (χ0v) is 20.8. The molecule has 0 spiro atoms. The van der Waals surface area contributed by atoms with Crippen molar-refractivity contribution >= 4 is 35.9 Å². The monoisotopic (exact) mass is 506 g/mol. The number of guanidine groups is 1. The Hall–Kier alpha value is -2.89. The molecule has 196 valence electrons. The molecule has 3 atom stereocenters. The number of hydrogen-bond acceptors (Lipinski definition) is 5. The van der Waals surface area contributed by atoms with Crippen molar-refractivity contribution in [2.24, 2.45) is 17.4 Å². The Kier molecular flexibility index (Phi) is 18.1. The lowest BCUT2D eigenvalue weighted by Gasteiger charge is -2.22. The van der Waals surface area contributed by atoms with E-state index in [1.807, 2.05) is 13.8 Å². The van der Waals surface area contributed by atoms with E-state index in [0.29, 0.717) is 38.5 Å². The van der Waals surface area contributed by atoms with Gasteiger partial charge in [-0.1, -0.05) is 20.8 Å². The summed E-state index contributed by atoms with van der Waals surface area (Å²) in [7, 11) is 0. The number of carboxylic acids is 1. The van der Waals surface area contributed by atoms with Crippen LogP contribution in [0.1, 0.15) is 65.7 Å². The van der Waals surface area contributed by atoms with Gasteiger partial charge in [-0.2, -0.15) is 0 Å². The average molecular weight is 507 g/mol. The zero-order valence-electron chi connectivity index (χ0n) is 20.1. The lowest BCUT2D eigenvalue weighted by molar-refractivity contribution is -0.459. The molecule has 0 bridgehead atoms. The molecule has 0 aromatic heterocycles. The van der Waals surface area contributed by atoms with E-state index in [-0.39, 0.29) is 43.5 Å². The standard InChI is InChI=1S/C21H38N6O6.ClH/c1-4-14(11-19(31)32)25-17(29)7-8-18(30)27-16(10-13(2)3)20(33)26-15(12-28)6-5-9-24-21(22)23;/h12-16H,4-11H2,1-3H3,(H,25,29)(H,26,33)(H,27,30)(H,31,32)(H4,22,23,24);1H. The van der Waals surface area contributed by atoms with Crippen LogP contribution in [0.25, 0.3) is 0 Å². The minimum Gasteiger partial charge on any atom is -1.00 e. The molecule has 12 nitrogen and oxygen atoms in total. The second-order valence-electron chi connectivity index (χ2n) is 8.30. The first-order valence-corrected chi connectivity index (χ1v) is 11.2. The number of rotatable bonds is 17. The molecule has 0 saturated carbocycles. The van der Waals surface area contributed by atoms with Gasteiger partial charge in [0.05, 0.1) is 19.0 Å². The summed E-state index contributed by atoms with van der Waals surface area (Å²) in [5.41, 5.74) is 10.6. The molecule has 0 saturated heterocycles. The third-order valence-corrected chi connectivity index (χ3v) is 4.73. The normalized spacial score (nSPS) is 12.9. The molecule has 13 heteroatoms. The largest absolute Gasteiger partial charge is 1.00 e. The quantitative estimate of drug-likeness (QED) is 0.0437. The third-order valence-electron chi connectivity index (χ3n) is 4.73. The highest BCUT2D eigenvalue weighted by Gasteiger charge is 2.24. The summed E-state index contributed by atoms with van der Waals surface area (Å²) in [4.78, 5) is 61.9. The number of carbonyl (C=O) groups is 5. The summed E-state index contributed by atoms with van der Waals surface area (Å²) in [6.45, 7) is 5.99. The van der Waals surface area contributed by atoms with E-state index in [2.05, 4.69) is 20.9 Å². The molecule has 0 aromatic carbocycles. The van der Waals surface area contributed by atoms with Gasteiger partial charge >= 0.3 is 11.9 Å². The summed E-state index contributed by atoms with van der Waals surface area (Å²) >= 11 is 0. The summed E-state index contributed by atoms with van der Waals surface area (Å²) in [5.74, 6) is -2.26. The Morgan fingerprint density at radius 2 is 1.62 bits per heavy atom. The van der Waals surface area contributed by atoms with Crippen LogP contribution in [-0.4, -0.2) is 65.7 Å². The van der Waals surface area contributed by atoms with E-state index in [1.54, 1.807) is 6.92 Å². The maximum atomic E-state index is 12.7. The van der Waals surface area contributed by atoms with Gasteiger partial charge in [0, 0.05) is 18.9 Å². The second-order valence-corrected chi connectivity index (χ2v) is 8.30. The highest BCUT2D eigenvalue weighted by Crippen LogP contribution is 2.07. The van der Waals surface area contributed by atoms with Crippen LogP contribution in [0.2, 0.25) is 0 Å². The van der Waals surface area contributed by atoms with Crippen molar-refractivity contribution in [3.8, 4) is 0 Å². The predicted molar refractivity (Wildman–Crippen MR) is 122 cm³/mol. The maximum absolute atomic E-state index is 12.7. The van der Waals surface area contributed by atoms with Crippen LogP contribution in [0.4, 0.5) is 0 Å². The molecular weight excluding hydrogens is 468 g/mol. The maximum Gasteiger partial charge on any atom is 0.338 e. The summed E-state index contributed by atoms with van der Waals surface area (Å²) in [5, 5.41) is 16.7. The van der Waals surface area contributed by atoms with Gasteiger partial charge < -0.3 is 38.3 Å². The molecule has 0 fully saturated rings. The topological polar surface area (TPSA) is 208 Å². The number of halogens is 1. The summed E-state index contributed by atoms with van der Waals surface area (Å²) in [6, 6.07) is -2.09. The average Bonchev–Trinajstić information content (AvgIpc) is 2.72. The van der Waals surface area contributed by atoms with Gasteiger partial charge in [-0.15, -0.1) is 0 Å². The molecule has 34 heavy (non-hydrogen) atoms. The van der Waals surface area contributed by atoms with Crippen LogP contribution < -0.4 is 44.8 Å². The SMILES string of the molecule is CCC(CC(=O)O)NC(=O)CCC(=O)NC(CC(C)C)C(=O)NC(C=O)CCC[NH+]=C(N)N.[Cl-]. The third kappa shape index (κ3) is 16.7. The van der Waals surface area contributed by atoms with Gasteiger partial charge in [-0.3, -0.25) is 35.6 Å². The molecule has 0 aliphatic rings. The number of hydrogen-bond donors (Lipinski definition) is 7. The zero-order chi connectivity index (χ0) is 25.4. The first-order valence-electron chi connectivity index (χ1n) is 11.2. The first kappa shape index (κ1) is 33.3. The Balaban J connectivity index is 0. The molecular formula is C21H39ClN6O6. The molecule has 0 rings (SSSR count). The van der Waals surface area contributed by atoms with Crippen molar-refractivity contribution in [2.45, 2.75) is 83.8 Å². The lowest BCUT2D eigenvalue weighted by Crippen LogP contribution is -3.00. The predicted octanol–water partition coefficient (Wildman–Crippen LogP) is -5.51. The Labute approximate surface area is 206 Å². The fraction of sp³-hybridized carbons (Fsp3) is 0.714.